The number of carbonyl (C=O) groups is 2. The molecule has 2 amide bonds. The molecule has 1 atom stereocenters. The molecule has 2 aromatic rings. The van der Waals surface area contributed by atoms with Crippen LogP contribution in [0.5, 0.6) is 0 Å². The molecule has 0 bridgehead atoms. The number of nitrogens with two attached hydrogens (primary N) is 1. The van der Waals surface area contributed by atoms with Gasteiger partial charge >= 0.3 is 0 Å². The van der Waals surface area contributed by atoms with Crippen LogP contribution in [0.3, 0.4) is 0 Å². The number of benzene rings is 1. The van der Waals surface area contributed by atoms with Crippen LogP contribution in [0.2, 0.25) is 0 Å². The highest BCUT2D eigenvalue weighted by molar-refractivity contribution is 6.00. The number of rotatable bonds is 3. The van der Waals surface area contributed by atoms with E-state index < -0.39 is 11.8 Å². The summed E-state index contributed by atoms with van der Waals surface area (Å²) < 4.78 is 1.88. The molecular weight excluding hydrogens is 256 g/mol. The van der Waals surface area contributed by atoms with Gasteiger partial charge in [-0.1, -0.05) is 0 Å². The summed E-state index contributed by atoms with van der Waals surface area (Å²) >= 11 is 0. The molecule has 102 valence electrons. The summed E-state index contributed by atoms with van der Waals surface area (Å²) in [4.78, 5) is 28.7. The quantitative estimate of drug-likeness (QED) is 0.891. The second kappa shape index (κ2) is 4.80. The van der Waals surface area contributed by atoms with Crippen molar-refractivity contribution in [3.63, 3.8) is 0 Å². The zero-order chi connectivity index (χ0) is 14.1. The van der Waals surface area contributed by atoms with Crippen LogP contribution >= 0.6 is 0 Å². The van der Waals surface area contributed by atoms with Crippen molar-refractivity contribution in [1.82, 2.24) is 9.55 Å². The summed E-state index contributed by atoms with van der Waals surface area (Å²) in [6, 6.07) is 7.52. The maximum absolute atomic E-state index is 11.9. The zero-order valence-corrected chi connectivity index (χ0v) is 10.8. The lowest BCUT2D eigenvalue weighted by Gasteiger charge is -2.16. The number of nitrogens with zero attached hydrogens (tertiary/aromatic N) is 3. The van der Waals surface area contributed by atoms with E-state index in [1.54, 1.807) is 17.4 Å². The van der Waals surface area contributed by atoms with Crippen LogP contribution in [-0.4, -0.2) is 27.9 Å². The van der Waals surface area contributed by atoms with Crippen LogP contribution in [0.25, 0.3) is 5.69 Å². The maximum Gasteiger partial charge on any atom is 0.227 e. The van der Waals surface area contributed by atoms with Crippen LogP contribution in [0.1, 0.15) is 6.42 Å². The first-order valence-corrected chi connectivity index (χ1v) is 6.33. The summed E-state index contributed by atoms with van der Waals surface area (Å²) in [5.41, 5.74) is 7.00. The lowest BCUT2D eigenvalue weighted by Crippen LogP contribution is -2.28. The molecule has 2 N–H and O–H groups in total. The normalized spacial score (nSPS) is 18.5. The third-order valence-electron chi connectivity index (χ3n) is 3.49. The van der Waals surface area contributed by atoms with Gasteiger partial charge in [0.15, 0.2) is 0 Å². The van der Waals surface area contributed by atoms with Gasteiger partial charge in [0.1, 0.15) is 0 Å². The van der Waals surface area contributed by atoms with E-state index in [-0.39, 0.29) is 12.3 Å². The Morgan fingerprint density at radius 3 is 2.50 bits per heavy atom. The summed E-state index contributed by atoms with van der Waals surface area (Å²) in [5, 5.41) is 0. The Hall–Kier alpha value is -2.63. The van der Waals surface area contributed by atoms with Crippen molar-refractivity contribution in [2.24, 2.45) is 11.7 Å². The van der Waals surface area contributed by atoms with Crippen molar-refractivity contribution in [3.8, 4) is 5.69 Å². The van der Waals surface area contributed by atoms with Gasteiger partial charge in [0.25, 0.3) is 0 Å². The van der Waals surface area contributed by atoms with Gasteiger partial charge in [-0.25, -0.2) is 4.98 Å². The Balaban J connectivity index is 1.82. The molecule has 20 heavy (non-hydrogen) atoms. The molecule has 1 aliphatic rings. The third-order valence-corrected chi connectivity index (χ3v) is 3.49. The molecule has 1 fully saturated rings. The van der Waals surface area contributed by atoms with Crippen molar-refractivity contribution >= 4 is 17.5 Å². The van der Waals surface area contributed by atoms with E-state index >= 15 is 0 Å². The smallest absolute Gasteiger partial charge is 0.227 e. The largest absolute Gasteiger partial charge is 0.369 e. The van der Waals surface area contributed by atoms with E-state index in [9.17, 15) is 9.59 Å². The topological polar surface area (TPSA) is 81.2 Å². The summed E-state index contributed by atoms with van der Waals surface area (Å²) in [7, 11) is 0. The van der Waals surface area contributed by atoms with Crippen LogP contribution in [0.15, 0.2) is 43.0 Å². The molecule has 0 radical (unpaired) electrons. The fourth-order valence-corrected chi connectivity index (χ4v) is 2.36. The molecule has 2 heterocycles. The molecule has 1 unspecified atom stereocenters. The van der Waals surface area contributed by atoms with E-state index in [1.165, 1.54) is 0 Å². The van der Waals surface area contributed by atoms with Gasteiger partial charge in [-0.05, 0) is 24.3 Å². The second-order valence-electron chi connectivity index (χ2n) is 4.79. The van der Waals surface area contributed by atoms with E-state index in [2.05, 4.69) is 4.98 Å². The Bertz CT molecular complexity index is 634. The first-order valence-electron chi connectivity index (χ1n) is 6.33. The molecule has 0 aliphatic carbocycles. The van der Waals surface area contributed by atoms with Gasteiger partial charge in [-0.2, -0.15) is 0 Å². The maximum atomic E-state index is 11.9. The predicted octanol–water partition coefficient (Wildman–Crippen LogP) is 0.710. The molecule has 6 heteroatoms. The predicted molar refractivity (Wildman–Crippen MR) is 73.2 cm³/mol. The van der Waals surface area contributed by atoms with Crippen molar-refractivity contribution in [1.29, 1.82) is 0 Å². The first-order chi connectivity index (χ1) is 9.65. The molecule has 0 saturated carbocycles. The Kier molecular flexibility index (Phi) is 2.98. The number of carbonyl (C=O) groups excluding carboxylic acids is 2. The van der Waals surface area contributed by atoms with Crippen molar-refractivity contribution in [2.45, 2.75) is 6.42 Å². The van der Waals surface area contributed by atoms with Crippen molar-refractivity contribution < 1.29 is 9.59 Å². The van der Waals surface area contributed by atoms with Crippen molar-refractivity contribution in [3.05, 3.63) is 43.0 Å². The monoisotopic (exact) mass is 270 g/mol. The molecule has 0 spiro atoms. The van der Waals surface area contributed by atoms with Crippen LogP contribution in [0.4, 0.5) is 5.69 Å². The number of anilines is 1. The van der Waals surface area contributed by atoms with Gasteiger partial charge in [-0.3, -0.25) is 9.59 Å². The summed E-state index contributed by atoms with van der Waals surface area (Å²) in [6.45, 7) is 0.360. The number of primary amides is 1. The number of hydrogen-bond acceptors (Lipinski definition) is 3. The van der Waals surface area contributed by atoms with Crippen LogP contribution in [-0.2, 0) is 9.59 Å². The average molecular weight is 270 g/mol. The lowest BCUT2D eigenvalue weighted by atomic mass is 10.1. The highest BCUT2D eigenvalue weighted by atomic mass is 16.2. The minimum Gasteiger partial charge on any atom is -0.369 e. The molecule has 1 aliphatic heterocycles. The SMILES string of the molecule is NC(=O)C1CC(=O)N(c2ccc(-n3ccnc3)cc2)C1. The Morgan fingerprint density at radius 2 is 1.95 bits per heavy atom. The molecule has 3 rings (SSSR count). The van der Waals surface area contributed by atoms with E-state index in [0.29, 0.717) is 6.54 Å². The van der Waals surface area contributed by atoms with E-state index in [1.807, 2.05) is 35.0 Å². The first kappa shape index (κ1) is 12.4. The molecule has 1 aromatic heterocycles. The minimum absolute atomic E-state index is 0.0656. The van der Waals surface area contributed by atoms with Gasteiger partial charge < -0.3 is 15.2 Å². The molecular formula is C14H14N4O2. The lowest BCUT2D eigenvalue weighted by molar-refractivity contribution is -0.123. The molecule has 1 saturated heterocycles. The molecule has 1 aromatic carbocycles. The summed E-state index contributed by atoms with van der Waals surface area (Å²) in [5.74, 6) is -0.879. The van der Waals surface area contributed by atoms with Gasteiger partial charge in [0.2, 0.25) is 11.8 Å². The minimum atomic E-state index is -0.420. The van der Waals surface area contributed by atoms with Gasteiger partial charge in [-0.15, -0.1) is 0 Å². The number of hydrogen-bond donors (Lipinski definition) is 1. The van der Waals surface area contributed by atoms with E-state index in [0.717, 1.165) is 11.4 Å². The zero-order valence-electron chi connectivity index (χ0n) is 10.8. The van der Waals surface area contributed by atoms with Crippen LogP contribution < -0.4 is 10.6 Å². The van der Waals surface area contributed by atoms with E-state index in [4.69, 9.17) is 5.73 Å². The van der Waals surface area contributed by atoms with Crippen molar-refractivity contribution in [2.75, 3.05) is 11.4 Å². The van der Waals surface area contributed by atoms with Crippen LogP contribution in [0, 0.1) is 5.92 Å². The standard InChI is InChI=1S/C14H14N4O2/c15-14(20)10-7-13(19)18(8-10)12-3-1-11(2-4-12)17-6-5-16-9-17/h1-6,9-10H,7-8H2,(H2,15,20). The highest BCUT2D eigenvalue weighted by Gasteiger charge is 2.33. The van der Waals surface area contributed by atoms with Gasteiger partial charge in [0.05, 0.1) is 12.2 Å². The number of amides is 2. The van der Waals surface area contributed by atoms with Gasteiger partial charge in [0, 0.05) is 36.7 Å². The number of imidazole rings is 1. The third kappa shape index (κ3) is 2.16. The fraction of sp³-hybridized carbons (Fsp3) is 0.214. The Morgan fingerprint density at radius 1 is 1.25 bits per heavy atom. The number of aromatic nitrogens is 2. The summed E-state index contributed by atoms with van der Waals surface area (Å²) in [6.07, 6.45) is 5.45. The average Bonchev–Trinajstić information content (AvgIpc) is 3.08. The second-order valence-corrected chi connectivity index (χ2v) is 4.79. The fourth-order valence-electron chi connectivity index (χ4n) is 2.36. The molecule has 6 nitrogen and oxygen atoms in total. The Labute approximate surface area is 115 Å². The highest BCUT2D eigenvalue weighted by Crippen LogP contribution is 2.25.